The number of nitrogens with zero attached hydrogens (tertiary/aromatic N) is 1. The van der Waals surface area contributed by atoms with Crippen molar-refractivity contribution in [1.29, 1.82) is 0 Å². The first-order valence-corrected chi connectivity index (χ1v) is 4.50. The van der Waals surface area contributed by atoms with Gasteiger partial charge in [-0.25, -0.2) is 0 Å². The van der Waals surface area contributed by atoms with Crippen LogP contribution in [0.3, 0.4) is 0 Å². The summed E-state index contributed by atoms with van der Waals surface area (Å²) < 4.78 is 0. The monoisotopic (exact) mass is 165 g/mol. The first-order chi connectivity index (χ1) is 5.38. The molecule has 58 valence electrons. The Morgan fingerprint density at radius 2 is 2.36 bits per heavy atom. The summed E-state index contributed by atoms with van der Waals surface area (Å²) in [6.07, 6.45) is 3.83. The van der Waals surface area contributed by atoms with Crippen molar-refractivity contribution in [2.45, 2.75) is 13.8 Å². The summed E-state index contributed by atoms with van der Waals surface area (Å²) in [7, 11) is 0. The number of aliphatic imine (C=N–C) groups is 1. The normalized spacial score (nSPS) is 12.7. The molecule has 0 aliphatic heterocycles. The molecule has 0 aliphatic carbocycles. The molecule has 0 N–H and O–H groups in total. The molecule has 0 fully saturated rings. The minimum Gasteiger partial charge on any atom is -0.261 e. The molecule has 2 heteroatoms. The molecule has 0 saturated carbocycles. The van der Waals surface area contributed by atoms with Crippen LogP contribution in [-0.4, -0.2) is 6.21 Å². The van der Waals surface area contributed by atoms with Crippen LogP contribution >= 0.6 is 11.3 Å². The van der Waals surface area contributed by atoms with Gasteiger partial charge in [-0.15, -0.1) is 0 Å². The second-order valence-corrected chi connectivity index (χ2v) is 2.85. The molecule has 1 heterocycles. The molecule has 1 rings (SSSR count). The maximum absolute atomic E-state index is 4.23. The maximum atomic E-state index is 4.23. The summed E-state index contributed by atoms with van der Waals surface area (Å²) >= 11 is 1.69. The summed E-state index contributed by atoms with van der Waals surface area (Å²) in [4.78, 5) is 4.23. The lowest BCUT2D eigenvalue weighted by atomic mass is 10.2. The molecule has 1 aromatic heterocycles. The van der Waals surface area contributed by atoms with Gasteiger partial charge in [0.25, 0.3) is 0 Å². The van der Waals surface area contributed by atoms with Gasteiger partial charge in [0.1, 0.15) is 0 Å². The van der Waals surface area contributed by atoms with E-state index in [2.05, 4.69) is 21.8 Å². The van der Waals surface area contributed by atoms with Gasteiger partial charge in [0.15, 0.2) is 0 Å². The molecule has 1 nitrogen and oxygen atoms in total. The zero-order valence-electron chi connectivity index (χ0n) is 6.74. The second-order valence-electron chi connectivity index (χ2n) is 2.07. The molecule has 0 radical (unpaired) electrons. The van der Waals surface area contributed by atoms with Crippen LogP contribution in [0.25, 0.3) is 5.70 Å². The van der Waals surface area contributed by atoms with E-state index in [-0.39, 0.29) is 0 Å². The minimum absolute atomic E-state index is 1.05. The van der Waals surface area contributed by atoms with E-state index in [1.165, 1.54) is 5.56 Å². The summed E-state index contributed by atoms with van der Waals surface area (Å²) in [5.41, 5.74) is 2.25. The average Bonchev–Trinajstić information content (AvgIpc) is 2.52. The van der Waals surface area contributed by atoms with Crippen molar-refractivity contribution in [1.82, 2.24) is 0 Å². The van der Waals surface area contributed by atoms with Crippen molar-refractivity contribution in [3.05, 3.63) is 28.5 Å². The van der Waals surface area contributed by atoms with E-state index in [0.29, 0.717) is 0 Å². The highest BCUT2D eigenvalue weighted by Crippen LogP contribution is 2.17. The van der Waals surface area contributed by atoms with Gasteiger partial charge in [-0.05, 0) is 25.3 Å². The quantitative estimate of drug-likeness (QED) is 0.597. The maximum Gasteiger partial charge on any atom is 0.0663 e. The molecule has 0 bridgehead atoms. The van der Waals surface area contributed by atoms with Crippen molar-refractivity contribution < 1.29 is 0 Å². The van der Waals surface area contributed by atoms with Gasteiger partial charge in [0, 0.05) is 17.2 Å². The van der Waals surface area contributed by atoms with Crippen molar-refractivity contribution in [2.24, 2.45) is 4.99 Å². The van der Waals surface area contributed by atoms with E-state index in [1.807, 2.05) is 26.1 Å². The Bertz CT molecular complexity index is 257. The molecule has 0 spiro atoms. The highest BCUT2D eigenvalue weighted by atomic mass is 32.1. The third-order valence-electron chi connectivity index (χ3n) is 1.36. The Hall–Kier alpha value is -0.890. The van der Waals surface area contributed by atoms with Crippen LogP contribution in [0.15, 0.2) is 27.9 Å². The fraction of sp³-hybridized carbons (Fsp3) is 0.222. The van der Waals surface area contributed by atoms with Crippen LogP contribution in [0.2, 0.25) is 0 Å². The van der Waals surface area contributed by atoms with E-state index < -0.39 is 0 Å². The molecule has 0 aromatic carbocycles. The summed E-state index contributed by atoms with van der Waals surface area (Å²) in [6.45, 7) is 3.93. The zero-order chi connectivity index (χ0) is 8.10. The number of rotatable bonds is 2. The molecule has 0 amide bonds. The lowest BCUT2D eigenvalue weighted by molar-refractivity contribution is 1.52. The standard InChI is InChI=1S/C9H11NS/c1-3-9(10-4-2)8-5-6-11-7-8/h3-7H,1-2H3/b9-3-,10-4?. The fourth-order valence-electron chi connectivity index (χ4n) is 0.865. The second kappa shape index (κ2) is 4.09. The van der Waals surface area contributed by atoms with Gasteiger partial charge in [0.05, 0.1) is 5.70 Å². The molecule has 0 saturated heterocycles. The van der Waals surface area contributed by atoms with Gasteiger partial charge in [-0.1, -0.05) is 6.08 Å². The van der Waals surface area contributed by atoms with Gasteiger partial charge >= 0.3 is 0 Å². The molecule has 0 unspecified atom stereocenters. The Morgan fingerprint density at radius 1 is 1.55 bits per heavy atom. The lowest BCUT2D eigenvalue weighted by Crippen LogP contribution is -1.74. The predicted molar refractivity (Wildman–Crippen MR) is 52.1 cm³/mol. The fourth-order valence-corrected chi connectivity index (χ4v) is 1.51. The van der Waals surface area contributed by atoms with Crippen LogP contribution in [0.4, 0.5) is 0 Å². The predicted octanol–water partition coefficient (Wildman–Crippen LogP) is 3.20. The van der Waals surface area contributed by atoms with Crippen molar-refractivity contribution in [3.63, 3.8) is 0 Å². The molecular weight excluding hydrogens is 154 g/mol. The van der Waals surface area contributed by atoms with Gasteiger partial charge in [0.2, 0.25) is 0 Å². The first-order valence-electron chi connectivity index (χ1n) is 3.56. The molecule has 11 heavy (non-hydrogen) atoms. The summed E-state index contributed by atoms with van der Waals surface area (Å²) in [5, 5.41) is 4.16. The zero-order valence-corrected chi connectivity index (χ0v) is 7.56. The molecule has 0 aliphatic rings. The van der Waals surface area contributed by atoms with Crippen molar-refractivity contribution in [2.75, 3.05) is 0 Å². The molecule has 0 atom stereocenters. The Labute approximate surface area is 71.1 Å². The van der Waals surface area contributed by atoms with Gasteiger partial charge in [-0.2, -0.15) is 11.3 Å². The third kappa shape index (κ3) is 2.02. The number of hydrogen-bond acceptors (Lipinski definition) is 2. The third-order valence-corrected chi connectivity index (χ3v) is 2.04. The van der Waals surface area contributed by atoms with Crippen LogP contribution in [-0.2, 0) is 0 Å². The number of thiophene rings is 1. The summed E-state index contributed by atoms with van der Waals surface area (Å²) in [5.74, 6) is 0. The lowest BCUT2D eigenvalue weighted by Gasteiger charge is -1.93. The number of allylic oxidation sites excluding steroid dienone is 1. The van der Waals surface area contributed by atoms with Crippen LogP contribution in [0.1, 0.15) is 19.4 Å². The Morgan fingerprint density at radius 3 is 2.82 bits per heavy atom. The van der Waals surface area contributed by atoms with E-state index in [0.717, 1.165) is 5.70 Å². The Kier molecular flexibility index (Phi) is 3.05. The van der Waals surface area contributed by atoms with Crippen LogP contribution in [0, 0.1) is 0 Å². The SMILES string of the molecule is CC=N/C(=C\C)c1ccsc1. The van der Waals surface area contributed by atoms with Crippen molar-refractivity contribution >= 4 is 23.2 Å². The topological polar surface area (TPSA) is 12.4 Å². The van der Waals surface area contributed by atoms with Crippen LogP contribution < -0.4 is 0 Å². The Balaban J connectivity index is 2.89. The van der Waals surface area contributed by atoms with E-state index in [1.54, 1.807) is 11.3 Å². The molecule has 1 aromatic rings. The number of hydrogen-bond donors (Lipinski definition) is 0. The van der Waals surface area contributed by atoms with Gasteiger partial charge < -0.3 is 0 Å². The highest BCUT2D eigenvalue weighted by Gasteiger charge is 1.95. The summed E-state index contributed by atoms with van der Waals surface area (Å²) in [6, 6.07) is 2.08. The van der Waals surface area contributed by atoms with Gasteiger partial charge in [-0.3, -0.25) is 4.99 Å². The highest BCUT2D eigenvalue weighted by molar-refractivity contribution is 7.08. The largest absolute Gasteiger partial charge is 0.261 e. The average molecular weight is 165 g/mol. The van der Waals surface area contributed by atoms with E-state index in [9.17, 15) is 0 Å². The first kappa shape index (κ1) is 8.21. The minimum atomic E-state index is 1.05. The van der Waals surface area contributed by atoms with Crippen molar-refractivity contribution in [3.8, 4) is 0 Å². The smallest absolute Gasteiger partial charge is 0.0663 e. The molecular formula is C9H11NS. The van der Waals surface area contributed by atoms with E-state index in [4.69, 9.17) is 0 Å². The van der Waals surface area contributed by atoms with E-state index >= 15 is 0 Å². The van der Waals surface area contributed by atoms with Crippen LogP contribution in [0.5, 0.6) is 0 Å².